The van der Waals surface area contributed by atoms with Crippen molar-refractivity contribution in [1.82, 2.24) is 5.43 Å². The van der Waals surface area contributed by atoms with Gasteiger partial charge in [-0.05, 0) is 24.7 Å². The minimum atomic E-state index is 0.575. The van der Waals surface area contributed by atoms with Gasteiger partial charge in [-0.2, -0.15) is 0 Å². The molecule has 1 rings (SSSR count). The molecule has 0 spiro atoms. The van der Waals surface area contributed by atoms with Crippen LogP contribution in [0.25, 0.3) is 0 Å². The number of hydrogen-bond donors (Lipinski definition) is 2. The summed E-state index contributed by atoms with van der Waals surface area (Å²) < 4.78 is 0. The molecule has 2 heteroatoms. The summed E-state index contributed by atoms with van der Waals surface area (Å²) in [4.78, 5) is 0. The molecule has 1 fully saturated rings. The fourth-order valence-electron chi connectivity index (χ4n) is 1.80. The molecule has 1 aliphatic carbocycles. The highest BCUT2D eigenvalue weighted by Gasteiger charge is 2.24. The average Bonchev–Trinajstić information content (AvgIpc) is 2.86. The lowest BCUT2D eigenvalue weighted by Crippen LogP contribution is -2.35. The normalized spacial score (nSPS) is 19.4. The van der Waals surface area contributed by atoms with Gasteiger partial charge in [-0.25, -0.2) is 0 Å². The van der Waals surface area contributed by atoms with E-state index in [1.54, 1.807) is 0 Å². The molecule has 1 unspecified atom stereocenters. The third kappa shape index (κ3) is 5.27. The lowest BCUT2D eigenvalue weighted by Gasteiger charge is -2.15. The summed E-state index contributed by atoms with van der Waals surface area (Å²) in [6, 6.07) is 0.575. The Kier molecular flexibility index (Phi) is 4.74. The van der Waals surface area contributed by atoms with Crippen molar-refractivity contribution in [2.75, 3.05) is 0 Å². The second-order valence-corrected chi connectivity index (χ2v) is 4.87. The van der Waals surface area contributed by atoms with E-state index in [0.29, 0.717) is 6.04 Å². The Bertz CT molecular complexity index is 130. The molecule has 78 valence electrons. The number of rotatable bonds is 7. The molecular weight excluding hydrogens is 160 g/mol. The Morgan fingerprint density at radius 2 is 2.00 bits per heavy atom. The molecule has 0 heterocycles. The first kappa shape index (κ1) is 11.0. The first-order valence-corrected chi connectivity index (χ1v) is 5.68. The predicted molar refractivity (Wildman–Crippen MR) is 57.1 cm³/mol. The zero-order valence-electron chi connectivity index (χ0n) is 9.05. The molecule has 0 saturated heterocycles. The van der Waals surface area contributed by atoms with Crippen molar-refractivity contribution in [1.29, 1.82) is 0 Å². The molecule has 1 saturated carbocycles. The van der Waals surface area contributed by atoms with Crippen LogP contribution in [-0.4, -0.2) is 6.04 Å². The van der Waals surface area contributed by atoms with Gasteiger partial charge in [-0.15, -0.1) is 0 Å². The molecule has 0 bridgehead atoms. The van der Waals surface area contributed by atoms with Crippen molar-refractivity contribution in [3.8, 4) is 0 Å². The molecule has 3 N–H and O–H groups in total. The third-order valence-electron chi connectivity index (χ3n) is 2.88. The van der Waals surface area contributed by atoms with Crippen LogP contribution in [-0.2, 0) is 0 Å². The average molecular weight is 184 g/mol. The zero-order valence-corrected chi connectivity index (χ0v) is 9.05. The van der Waals surface area contributed by atoms with Crippen LogP contribution < -0.4 is 11.3 Å². The highest BCUT2D eigenvalue weighted by atomic mass is 15.2. The molecule has 13 heavy (non-hydrogen) atoms. The summed E-state index contributed by atoms with van der Waals surface area (Å²) in [6.45, 7) is 4.57. The van der Waals surface area contributed by atoms with Crippen molar-refractivity contribution in [3.63, 3.8) is 0 Å². The molecule has 0 aromatic rings. The standard InChI is InChI=1S/C11H24N2/c1-9(2)4-3-5-11(13-12)8-10-6-7-10/h9-11,13H,3-8,12H2,1-2H3. The van der Waals surface area contributed by atoms with Crippen molar-refractivity contribution < 1.29 is 0 Å². The van der Waals surface area contributed by atoms with Gasteiger partial charge in [0.2, 0.25) is 0 Å². The van der Waals surface area contributed by atoms with Gasteiger partial charge in [-0.1, -0.05) is 39.5 Å². The van der Waals surface area contributed by atoms with Crippen molar-refractivity contribution in [2.45, 2.75) is 58.4 Å². The first-order chi connectivity index (χ1) is 6.22. The monoisotopic (exact) mass is 184 g/mol. The highest BCUT2D eigenvalue weighted by Crippen LogP contribution is 2.34. The van der Waals surface area contributed by atoms with E-state index in [0.717, 1.165) is 11.8 Å². The first-order valence-electron chi connectivity index (χ1n) is 5.68. The van der Waals surface area contributed by atoms with E-state index in [1.165, 1.54) is 38.5 Å². The summed E-state index contributed by atoms with van der Waals surface area (Å²) in [5.74, 6) is 7.33. The van der Waals surface area contributed by atoms with Crippen LogP contribution in [0.15, 0.2) is 0 Å². The Labute approximate surface area is 82.2 Å². The van der Waals surface area contributed by atoms with Crippen LogP contribution in [0, 0.1) is 11.8 Å². The minimum Gasteiger partial charge on any atom is -0.271 e. The Hall–Kier alpha value is -0.0800. The van der Waals surface area contributed by atoms with E-state index in [-0.39, 0.29) is 0 Å². The van der Waals surface area contributed by atoms with E-state index >= 15 is 0 Å². The molecule has 1 aliphatic rings. The van der Waals surface area contributed by atoms with Crippen LogP contribution in [0.5, 0.6) is 0 Å². The summed E-state index contributed by atoms with van der Waals surface area (Å²) in [6.07, 6.45) is 8.08. The summed E-state index contributed by atoms with van der Waals surface area (Å²) >= 11 is 0. The van der Waals surface area contributed by atoms with Crippen molar-refractivity contribution in [2.24, 2.45) is 17.7 Å². The van der Waals surface area contributed by atoms with Gasteiger partial charge in [0, 0.05) is 6.04 Å². The van der Waals surface area contributed by atoms with Gasteiger partial charge in [0.25, 0.3) is 0 Å². The highest BCUT2D eigenvalue weighted by molar-refractivity contribution is 4.79. The van der Waals surface area contributed by atoms with Gasteiger partial charge in [-0.3, -0.25) is 11.3 Å². The van der Waals surface area contributed by atoms with Crippen LogP contribution in [0.3, 0.4) is 0 Å². The second kappa shape index (κ2) is 5.61. The van der Waals surface area contributed by atoms with Gasteiger partial charge in [0.15, 0.2) is 0 Å². The van der Waals surface area contributed by atoms with E-state index in [1.807, 2.05) is 0 Å². The topological polar surface area (TPSA) is 38.0 Å². The molecule has 0 aromatic heterocycles. The maximum absolute atomic E-state index is 5.52. The van der Waals surface area contributed by atoms with Crippen molar-refractivity contribution in [3.05, 3.63) is 0 Å². The minimum absolute atomic E-state index is 0.575. The van der Waals surface area contributed by atoms with Crippen molar-refractivity contribution >= 4 is 0 Å². The quantitative estimate of drug-likeness (QED) is 0.471. The number of nitrogens with two attached hydrogens (primary N) is 1. The number of hydrogen-bond acceptors (Lipinski definition) is 2. The maximum Gasteiger partial charge on any atom is 0.0213 e. The summed E-state index contributed by atoms with van der Waals surface area (Å²) in [7, 11) is 0. The van der Waals surface area contributed by atoms with Gasteiger partial charge < -0.3 is 0 Å². The molecule has 2 nitrogen and oxygen atoms in total. The maximum atomic E-state index is 5.52. The van der Waals surface area contributed by atoms with Crippen LogP contribution in [0.1, 0.15) is 52.4 Å². The zero-order chi connectivity index (χ0) is 9.68. The molecular formula is C11H24N2. The smallest absolute Gasteiger partial charge is 0.0213 e. The third-order valence-corrected chi connectivity index (χ3v) is 2.88. The molecule has 1 atom stereocenters. The molecule has 0 aliphatic heterocycles. The summed E-state index contributed by atoms with van der Waals surface area (Å²) in [5.41, 5.74) is 2.95. The largest absolute Gasteiger partial charge is 0.271 e. The fourth-order valence-corrected chi connectivity index (χ4v) is 1.80. The van der Waals surface area contributed by atoms with Gasteiger partial charge in [0.1, 0.15) is 0 Å². The Morgan fingerprint density at radius 1 is 1.31 bits per heavy atom. The van der Waals surface area contributed by atoms with Crippen LogP contribution in [0.4, 0.5) is 0 Å². The van der Waals surface area contributed by atoms with Crippen LogP contribution in [0.2, 0.25) is 0 Å². The van der Waals surface area contributed by atoms with Gasteiger partial charge in [0.05, 0.1) is 0 Å². The van der Waals surface area contributed by atoms with Crippen LogP contribution >= 0.6 is 0 Å². The predicted octanol–water partition coefficient (Wildman–Crippen LogP) is 2.44. The number of nitrogens with one attached hydrogen (secondary N) is 1. The van der Waals surface area contributed by atoms with E-state index < -0.39 is 0 Å². The molecule has 0 aromatic carbocycles. The van der Waals surface area contributed by atoms with E-state index in [4.69, 9.17) is 5.84 Å². The number of hydrazine groups is 1. The molecule has 0 amide bonds. The van der Waals surface area contributed by atoms with E-state index in [2.05, 4.69) is 19.3 Å². The Morgan fingerprint density at radius 3 is 2.46 bits per heavy atom. The van der Waals surface area contributed by atoms with E-state index in [9.17, 15) is 0 Å². The van der Waals surface area contributed by atoms with Gasteiger partial charge >= 0.3 is 0 Å². The summed E-state index contributed by atoms with van der Waals surface area (Å²) in [5, 5.41) is 0. The lowest BCUT2D eigenvalue weighted by atomic mass is 10.0. The molecule has 0 radical (unpaired) electrons. The SMILES string of the molecule is CC(C)CCCC(CC1CC1)NN. The fraction of sp³-hybridized carbons (Fsp3) is 1.00. The Balaban J connectivity index is 2.01. The lowest BCUT2D eigenvalue weighted by molar-refractivity contribution is 0.409. The second-order valence-electron chi connectivity index (χ2n) is 4.87.